The van der Waals surface area contributed by atoms with Crippen molar-refractivity contribution in [1.29, 1.82) is 5.26 Å². The Kier molecular flexibility index (Phi) is 5.34. The number of hydrogen-bond donors (Lipinski definition) is 2. The van der Waals surface area contributed by atoms with Crippen LogP contribution in [0.25, 0.3) is 0 Å². The van der Waals surface area contributed by atoms with Crippen LogP contribution in [0.5, 0.6) is 0 Å². The highest BCUT2D eigenvalue weighted by Gasteiger charge is 2.27. The number of carbonyl (C=O) groups excluding carboxylic acids is 1. The van der Waals surface area contributed by atoms with Crippen molar-refractivity contribution in [1.82, 2.24) is 15.3 Å². The molecule has 150 valence electrons. The SMILES string of the molecule is CC(=O)N[C@@H]1CCCN(c2nc(Nc3ccc(C)c(C#N)c3)nc3c2CCC3)C1. The van der Waals surface area contributed by atoms with Crippen molar-refractivity contribution in [3.8, 4) is 6.07 Å². The van der Waals surface area contributed by atoms with Crippen LogP contribution in [0.4, 0.5) is 17.5 Å². The van der Waals surface area contributed by atoms with Crippen molar-refractivity contribution in [2.45, 2.75) is 52.0 Å². The molecule has 1 amide bonds. The lowest BCUT2D eigenvalue weighted by molar-refractivity contribution is -0.119. The summed E-state index contributed by atoms with van der Waals surface area (Å²) in [5.41, 5.74) is 4.75. The number of benzene rings is 1. The van der Waals surface area contributed by atoms with Gasteiger partial charge in [0.25, 0.3) is 0 Å². The molecule has 1 aliphatic heterocycles. The fourth-order valence-electron chi connectivity index (χ4n) is 4.25. The van der Waals surface area contributed by atoms with Crippen molar-refractivity contribution in [2.24, 2.45) is 0 Å². The smallest absolute Gasteiger partial charge is 0.229 e. The van der Waals surface area contributed by atoms with Crippen LogP contribution in [0.2, 0.25) is 0 Å². The van der Waals surface area contributed by atoms with Gasteiger partial charge in [-0.1, -0.05) is 6.07 Å². The molecule has 1 aromatic carbocycles. The minimum absolute atomic E-state index is 0.0137. The quantitative estimate of drug-likeness (QED) is 0.833. The van der Waals surface area contributed by atoms with E-state index in [4.69, 9.17) is 9.97 Å². The van der Waals surface area contributed by atoms with Crippen LogP contribution in [-0.2, 0) is 17.6 Å². The third-order valence-corrected chi connectivity index (χ3v) is 5.65. The number of nitrogens with zero attached hydrogens (tertiary/aromatic N) is 4. The van der Waals surface area contributed by atoms with E-state index in [9.17, 15) is 10.1 Å². The first-order valence-corrected chi connectivity index (χ1v) is 10.2. The summed E-state index contributed by atoms with van der Waals surface area (Å²) < 4.78 is 0. The number of hydrogen-bond acceptors (Lipinski definition) is 6. The zero-order valence-corrected chi connectivity index (χ0v) is 17.0. The van der Waals surface area contributed by atoms with Gasteiger partial charge >= 0.3 is 0 Å². The van der Waals surface area contributed by atoms with Crippen LogP contribution in [-0.4, -0.2) is 35.0 Å². The number of piperidine rings is 1. The Hall–Kier alpha value is -3.14. The maximum absolute atomic E-state index is 11.5. The van der Waals surface area contributed by atoms with Crippen LogP contribution < -0.4 is 15.5 Å². The Balaban J connectivity index is 1.62. The monoisotopic (exact) mass is 390 g/mol. The van der Waals surface area contributed by atoms with Gasteiger partial charge in [-0.05, 0) is 56.7 Å². The minimum atomic E-state index is 0.0137. The summed E-state index contributed by atoms with van der Waals surface area (Å²) in [4.78, 5) is 23.4. The summed E-state index contributed by atoms with van der Waals surface area (Å²) in [5, 5.41) is 15.6. The second kappa shape index (κ2) is 8.08. The molecule has 1 atom stereocenters. The van der Waals surface area contributed by atoms with Crippen molar-refractivity contribution in [3.63, 3.8) is 0 Å². The zero-order valence-electron chi connectivity index (χ0n) is 17.0. The van der Waals surface area contributed by atoms with E-state index in [0.717, 1.165) is 68.0 Å². The molecule has 1 saturated heterocycles. The first-order valence-electron chi connectivity index (χ1n) is 10.2. The van der Waals surface area contributed by atoms with Crippen molar-refractivity contribution >= 4 is 23.4 Å². The molecule has 0 radical (unpaired) electrons. The normalized spacial score (nSPS) is 18.1. The third kappa shape index (κ3) is 4.16. The number of aromatic nitrogens is 2. The fraction of sp³-hybridized carbons (Fsp3) is 0.455. The standard InChI is InChI=1S/C22H26N6O/c1-14-8-9-17(11-16(14)12-23)25-22-26-20-7-3-6-19(20)21(27-22)28-10-4-5-18(13-28)24-15(2)29/h8-9,11,18H,3-7,10,13H2,1-2H3,(H,24,29)(H,25,26,27)/t18-/m1/s1. The first-order chi connectivity index (χ1) is 14.0. The number of rotatable bonds is 4. The van der Waals surface area contributed by atoms with E-state index in [1.54, 1.807) is 6.92 Å². The molecule has 0 spiro atoms. The van der Waals surface area contributed by atoms with E-state index >= 15 is 0 Å². The van der Waals surface area contributed by atoms with Gasteiger partial charge in [0, 0.05) is 37.3 Å². The van der Waals surface area contributed by atoms with E-state index in [0.29, 0.717) is 11.5 Å². The molecular weight excluding hydrogens is 364 g/mol. The fourth-order valence-corrected chi connectivity index (χ4v) is 4.25. The molecule has 1 fully saturated rings. The molecule has 0 bridgehead atoms. The van der Waals surface area contributed by atoms with Crippen LogP contribution >= 0.6 is 0 Å². The highest BCUT2D eigenvalue weighted by molar-refractivity contribution is 5.73. The lowest BCUT2D eigenvalue weighted by atomic mass is 10.0. The number of nitrogens with one attached hydrogen (secondary N) is 2. The Morgan fingerprint density at radius 1 is 1.28 bits per heavy atom. The summed E-state index contributed by atoms with van der Waals surface area (Å²) >= 11 is 0. The number of nitriles is 1. The largest absolute Gasteiger partial charge is 0.354 e. The summed E-state index contributed by atoms with van der Waals surface area (Å²) in [5.74, 6) is 1.56. The van der Waals surface area contributed by atoms with Gasteiger partial charge in [0.05, 0.1) is 17.3 Å². The summed E-state index contributed by atoms with van der Waals surface area (Å²) in [6.07, 6.45) is 5.06. The lowest BCUT2D eigenvalue weighted by Gasteiger charge is -2.35. The maximum atomic E-state index is 11.5. The number of aryl methyl sites for hydroxylation is 2. The van der Waals surface area contributed by atoms with Gasteiger partial charge < -0.3 is 15.5 Å². The first kappa shape index (κ1) is 19.2. The lowest BCUT2D eigenvalue weighted by Crippen LogP contribution is -2.47. The second-order valence-electron chi connectivity index (χ2n) is 7.90. The molecule has 1 aliphatic carbocycles. The number of fused-ring (bicyclic) bond motifs is 1. The van der Waals surface area contributed by atoms with Gasteiger partial charge in [-0.3, -0.25) is 4.79 Å². The zero-order chi connectivity index (χ0) is 20.4. The Labute approximate surface area is 171 Å². The van der Waals surface area contributed by atoms with Crippen LogP contribution in [0, 0.1) is 18.3 Å². The molecule has 29 heavy (non-hydrogen) atoms. The van der Waals surface area contributed by atoms with E-state index in [2.05, 4.69) is 21.6 Å². The molecule has 2 aromatic rings. The Morgan fingerprint density at radius 2 is 2.14 bits per heavy atom. The molecule has 7 nitrogen and oxygen atoms in total. The van der Waals surface area contributed by atoms with E-state index in [1.165, 1.54) is 5.56 Å². The predicted molar refractivity (Wildman–Crippen MR) is 112 cm³/mol. The minimum Gasteiger partial charge on any atom is -0.354 e. The maximum Gasteiger partial charge on any atom is 0.229 e. The highest BCUT2D eigenvalue weighted by atomic mass is 16.1. The summed E-state index contributed by atoms with van der Waals surface area (Å²) in [6, 6.07) is 8.08. The van der Waals surface area contributed by atoms with Gasteiger partial charge in [-0.25, -0.2) is 4.98 Å². The summed E-state index contributed by atoms with van der Waals surface area (Å²) in [6.45, 7) is 5.20. The number of carbonyl (C=O) groups is 1. The van der Waals surface area contributed by atoms with Crippen LogP contribution in [0.1, 0.15) is 48.6 Å². The molecule has 2 aliphatic rings. The van der Waals surface area contributed by atoms with Gasteiger partial charge in [-0.2, -0.15) is 10.2 Å². The van der Waals surface area contributed by atoms with E-state index < -0.39 is 0 Å². The molecule has 0 unspecified atom stereocenters. The molecular formula is C22H26N6O. The molecule has 7 heteroatoms. The van der Waals surface area contributed by atoms with Crippen molar-refractivity contribution < 1.29 is 4.79 Å². The number of anilines is 3. The topological polar surface area (TPSA) is 93.9 Å². The molecule has 0 saturated carbocycles. The Morgan fingerprint density at radius 3 is 2.93 bits per heavy atom. The highest BCUT2D eigenvalue weighted by Crippen LogP contribution is 2.32. The van der Waals surface area contributed by atoms with Gasteiger partial charge in [0.1, 0.15) is 5.82 Å². The van der Waals surface area contributed by atoms with Crippen LogP contribution in [0.15, 0.2) is 18.2 Å². The van der Waals surface area contributed by atoms with Crippen molar-refractivity contribution in [2.75, 3.05) is 23.3 Å². The van der Waals surface area contributed by atoms with Gasteiger partial charge in [0.2, 0.25) is 11.9 Å². The molecule has 4 rings (SSSR count). The van der Waals surface area contributed by atoms with Gasteiger partial charge in [-0.15, -0.1) is 0 Å². The molecule has 2 heterocycles. The van der Waals surface area contributed by atoms with E-state index in [1.807, 2.05) is 25.1 Å². The van der Waals surface area contributed by atoms with Gasteiger partial charge in [0.15, 0.2) is 0 Å². The third-order valence-electron chi connectivity index (χ3n) is 5.65. The Bertz CT molecular complexity index is 980. The molecule has 2 N–H and O–H groups in total. The molecule has 1 aromatic heterocycles. The predicted octanol–water partition coefficient (Wildman–Crippen LogP) is 2.99. The van der Waals surface area contributed by atoms with Crippen LogP contribution in [0.3, 0.4) is 0 Å². The second-order valence-corrected chi connectivity index (χ2v) is 7.90. The van der Waals surface area contributed by atoms with E-state index in [-0.39, 0.29) is 11.9 Å². The number of amides is 1. The average Bonchev–Trinajstić information content (AvgIpc) is 3.17. The average molecular weight is 390 g/mol. The summed E-state index contributed by atoms with van der Waals surface area (Å²) in [7, 11) is 0. The van der Waals surface area contributed by atoms with Crippen molar-refractivity contribution in [3.05, 3.63) is 40.6 Å².